The van der Waals surface area contributed by atoms with Gasteiger partial charge in [-0.2, -0.15) is 0 Å². The first kappa shape index (κ1) is 16.3. The summed E-state index contributed by atoms with van der Waals surface area (Å²) in [4.78, 5) is 12.2. The van der Waals surface area contributed by atoms with E-state index < -0.39 is 5.91 Å². The number of anilines is 1. The highest BCUT2D eigenvalue weighted by Crippen LogP contribution is 2.24. The van der Waals surface area contributed by atoms with Crippen molar-refractivity contribution in [3.05, 3.63) is 58.4 Å². The summed E-state index contributed by atoms with van der Waals surface area (Å²) in [7, 11) is 1.58. The van der Waals surface area contributed by atoms with Crippen LogP contribution in [0.15, 0.2) is 46.9 Å². The van der Waals surface area contributed by atoms with Gasteiger partial charge in [0.1, 0.15) is 5.75 Å². The van der Waals surface area contributed by atoms with Crippen LogP contribution >= 0.6 is 23.2 Å². The lowest BCUT2D eigenvalue weighted by Gasteiger charge is -2.03. The second-order valence-electron chi connectivity index (χ2n) is 4.75. The van der Waals surface area contributed by atoms with E-state index in [9.17, 15) is 4.79 Å². The van der Waals surface area contributed by atoms with Gasteiger partial charge in [0.2, 0.25) is 5.89 Å². The maximum Gasteiger partial charge on any atom is 0.313 e. The van der Waals surface area contributed by atoms with Crippen molar-refractivity contribution in [1.29, 1.82) is 0 Å². The second kappa shape index (κ2) is 6.90. The van der Waals surface area contributed by atoms with Gasteiger partial charge in [-0.1, -0.05) is 23.2 Å². The third-order valence-corrected chi connectivity index (χ3v) is 3.51. The Hall–Kier alpha value is -2.57. The zero-order valence-corrected chi connectivity index (χ0v) is 13.9. The third kappa shape index (κ3) is 3.67. The first-order valence-corrected chi connectivity index (χ1v) is 7.56. The monoisotopic (exact) mass is 363 g/mol. The largest absolute Gasteiger partial charge is 0.497 e. The topological polar surface area (TPSA) is 77.2 Å². The van der Waals surface area contributed by atoms with Crippen LogP contribution in [-0.4, -0.2) is 23.2 Å². The normalized spacial score (nSPS) is 10.5. The molecule has 1 amide bonds. The Morgan fingerprint density at radius 2 is 1.75 bits per heavy atom. The van der Waals surface area contributed by atoms with Crippen LogP contribution in [0.2, 0.25) is 10.0 Å². The SMILES string of the molecule is COc1ccc(-c2nnc(C(=O)Nc3cc(Cl)cc(Cl)c3)o2)cc1. The number of ether oxygens (including phenoxy) is 1. The number of aromatic nitrogens is 2. The zero-order valence-electron chi connectivity index (χ0n) is 12.4. The van der Waals surface area contributed by atoms with Crippen LogP contribution < -0.4 is 10.1 Å². The Balaban J connectivity index is 1.77. The number of carbonyl (C=O) groups is 1. The standard InChI is InChI=1S/C16H11Cl2N3O3/c1-23-13-4-2-9(3-5-13)15-20-21-16(24-15)14(22)19-12-7-10(17)6-11(18)8-12/h2-8H,1H3,(H,19,22). The summed E-state index contributed by atoms with van der Waals surface area (Å²) >= 11 is 11.8. The molecule has 8 heteroatoms. The van der Waals surface area contributed by atoms with E-state index in [2.05, 4.69) is 15.5 Å². The van der Waals surface area contributed by atoms with Crippen molar-refractivity contribution in [1.82, 2.24) is 10.2 Å². The van der Waals surface area contributed by atoms with Crippen molar-refractivity contribution in [3.63, 3.8) is 0 Å². The molecule has 6 nitrogen and oxygen atoms in total. The number of halogens is 2. The van der Waals surface area contributed by atoms with Crippen LogP contribution in [0, 0.1) is 0 Å². The molecule has 0 unspecified atom stereocenters. The summed E-state index contributed by atoms with van der Waals surface area (Å²) in [5.41, 5.74) is 1.11. The van der Waals surface area contributed by atoms with Crippen molar-refractivity contribution in [2.24, 2.45) is 0 Å². The molecule has 1 aromatic heterocycles. The van der Waals surface area contributed by atoms with Crippen LogP contribution in [0.1, 0.15) is 10.7 Å². The van der Waals surface area contributed by atoms with E-state index in [1.807, 2.05) is 0 Å². The number of nitrogens with one attached hydrogen (secondary N) is 1. The van der Waals surface area contributed by atoms with E-state index in [-0.39, 0.29) is 11.8 Å². The van der Waals surface area contributed by atoms with Gasteiger partial charge < -0.3 is 14.5 Å². The first-order chi connectivity index (χ1) is 11.5. The van der Waals surface area contributed by atoms with Gasteiger partial charge in [0.15, 0.2) is 0 Å². The van der Waals surface area contributed by atoms with Crippen molar-refractivity contribution in [2.75, 3.05) is 12.4 Å². The van der Waals surface area contributed by atoms with E-state index in [0.29, 0.717) is 27.0 Å². The molecular weight excluding hydrogens is 353 g/mol. The fourth-order valence-electron chi connectivity index (χ4n) is 1.98. The van der Waals surface area contributed by atoms with E-state index >= 15 is 0 Å². The number of amides is 1. The zero-order chi connectivity index (χ0) is 17.1. The summed E-state index contributed by atoms with van der Waals surface area (Å²) in [6.07, 6.45) is 0. The second-order valence-corrected chi connectivity index (χ2v) is 5.63. The molecule has 0 aliphatic rings. The fraction of sp³-hybridized carbons (Fsp3) is 0.0625. The number of hydrogen-bond acceptors (Lipinski definition) is 5. The first-order valence-electron chi connectivity index (χ1n) is 6.80. The highest BCUT2D eigenvalue weighted by atomic mass is 35.5. The lowest BCUT2D eigenvalue weighted by Crippen LogP contribution is -2.12. The van der Waals surface area contributed by atoms with Gasteiger partial charge in [-0.25, -0.2) is 0 Å². The maximum atomic E-state index is 12.2. The lowest BCUT2D eigenvalue weighted by atomic mass is 10.2. The van der Waals surface area contributed by atoms with Crippen molar-refractivity contribution >= 4 is 34.8 Å². The average molecular weight is 364 g/mol. The Bertz CT molecular complexity index is 858. The minimum atomic E-state index is -0.555. The fourth-order valence-corrected chi connectivity index (χ4v) is 2.50. The highest BCUT2D eigenvalue weighted by molar-refractivity contribution is 6.35. The van der Waals surface area contributed by atoms with Gasteiger partial charge in [0.25, 0.3) is 0 Å². The average Bonchev–Trinajstić information content (AvgIpc) is 3.04. The van der Waals surface area contributed by atoms with Crippen LogP contribution in [0.25, 0.3) is 11.5 Å². The Kier molecular flexibility index (Phi) is 4.69. The quantitative estimate of drug-likeness (QED) is 0.747. The minimum Gasteiger partial charge on any atom is -0.497 e. The summed E-state index contributed by atoms with van der Waals surface area (Å²) < 4.78 is 10.5. The Morgan fingerprint density at radius 1 is 1.08 bits per heavy atom. The predicted octanol–water partition coefficient (Wildman–Crippen LogP) is 4.30. The number of hydrogen-bond donors (Lipinski definition) is 1. The van der Waals surface area contributed by atoms with E-state index in [1.54, 1.807) is 49.6 Å². The highest BCUT2D eigenvalue weighted by Gasteiger charge is 2.16. The smallest absolute Gasteiger partial charge is 0.313 e. The molecule has 0 aliphatic carbocycles. The number of nitrogens with zero attached hydrogens (tertiary/aromatic N) is 2. The van der Waals surface area contributed by atoms with Crippen molar-refractivity contribution in [2.45, 2.75) is 0 Å². The molecule has 2 aromatic carbocycles. The summed E-state index contributed by atoms with van der Waals surface area (Å²) in [6.45, 7) is 0. The molecule has 0 fully saturated rings. The minimum absolute atomic E-state index is 0.170. The molecule has 3 aromatic rings. The molecule has 0 saturated carbocycles. The van der Waals surface area contributed by atoms with Gasteiger partial charge >= 0.3 is 11.8 Å². The third-order valence-electron chi connectivity index (χ3n) is 3.08. The van der Waals surface area contributed by atoms with E-state index in [0.717, 1.165) is 0 Å². The Morgan fingerprint density at radius 3 is 2.38 bits per heavy atom. The van der Waals surface area contributed by atoms with Gasteiger partial charge in [-0.05, 0) is 42.5 Å². The van der Waals surface area contributed by atoms with Gasteiger partial charge in [-0.3, -0.25) is 4.79 Å². The van der Waals surface area contributed by atoms with Crippen LogP contribution in [-0.2, 0) is 0 Å². The molecular formula is C16H11Cl2N3O3. The predicted molar refractivity (Wildman–Crippen MR) is 90.7 cm³/mol. The van der Waals surface area contributed by atoms with Crippen LogP contribution in [0.5, 0.6) is 5.75 Å². The van der Waals surface area contributed by atoms with Gasteiger partial charge in [-0.15, -0.1) is 10.2 Å². The summed E-state index contributed by atoms with van der Waals surface area (Å²) in [5, 5.41) is 11.0. The summed E-state index contributed by atoms with van der Waals surface area (Å²) in [6, 6.07) is 11.7. The molecule has 0 aliphatic heterocycles. The number of rotatable bonds is 4. The molecule has 0 atom stereocenters. The van der Waals surface area contributed by atoms with Crippen molar-refractivity contribution < 1.29 is 13.9 Å². The van der Waals surface area contributed by atoms with Gasteiger partial charge in [0.05, 0.1) is 7.11 Å². The summed E-state index contributed by atoms with van der Waals surface area (Å²) in [5.74, 6) is 0.207. The maximum absolute atomic E-state index is 12.2. The molecule has 0 spiro atoms. The number of benzene rings is 2. The van der Waals surface area contributed by atoms with Gasteiger partial charge in [0, 0.05) is 21.3 Å². The van der Waals surface area contributed by atoms with E-state index in [1.165, 1.54) is 0 Å². The molecule has 0 bridgehead atoms. The number of methoxy groups -OCH3 is 1. The van der Waals surface area contributed by atoms with E-state index in [4.69, 9.17) is 32.4 Å². The number of carbonyl (C=O) groups excluding carboxylic acids is 1. The molecule has 24 heavy (non-hydrogen) atoms. The Labute approximate surface area is 147 Å². The molecule has 3 rings (SSSR count). The van der Waals surface area contributed by atoms with Crippen LogP contribution in [0.4, 0.5) is 5.69 Å². The van der Waals surface area contributed by atoms with Crippen molar-refractivity contribution in [3.8, 4) is 17.2 Å². The molecule has 0 radical (unpaired) electrons. The molecule has 122 valence electrons. The molecule has 1 N–H and O–H groups in total. The molecule has 0 saturated heterocycles. The lowest BCUT2D eigenvalue weighted by molar-refractivity contribution is 0.0991. The van der Waals surface area contributed by atoms with Crippen LogP contribution in [0.3, 0.4) is 0 Å². The molecule has 1 heterocycles.